The Morgan fingerprint density at radius 3 is 2.20 bits per heavy atom. The van der Waals surface area contributed by atoms with Gasteiger partial charge in [0, 0.05) is 6.42 Å². The van der Waals surface area contributed by atoms with Gasteiger partial charge in [0.15, 0.2) is 5.60 Å². The first-order chi connectivity index (χ1) is 6.98. The second kappa shape index (κ2) is 5.98. The van der Waals surface area contributed by atoms with E-state index < -0.39 is 24.0 Å². The van der Waals surface area contributed by atoms with Crippen LogP contribution in [0.2, 0.25) is 0 Å². The van der Waals surface area contributed by atoms with Crippen molar-refractivity contribution in [3.8, 4) is 0 Å². The van der Waals surface area contributed by atoms with Crippen LogP contribution in [-0.4, -0.2) is 34.4 Å². The Balaban J connectivity index is 4.86. The summed E-state index contributed by atoms with van der Waals surface area (Å²) in [6, 6.07) is 0. The topological polar surface area (TPSA) is 83.8 Å². The van der Waals surface area contributed by atoms with Crippen LogP contribution in [0.3, 0.4) is 0 Å². The lowest BCUT2D eigenvalue weighted by Crippen LogP contribution is -2.43. The van der Waals surface area contributed by atoms with Crippen LogP contribution in [0.1, 0.15) is 12.8 Å². The highest BCUT2D eigenvalue weighted by Gasteiger charge is 2.40. The standard InChI is InChI=1S/C10H14O5/c1-3-5-10(9(13)14,7-8(11)12)15-6-4-2/h3-4H,1-2,5-7H2,(H,11,12)(H,13,14). The maximum Gasteiger partial charge on any atom is 0.336 e. The molecule has 0 rings (SSSR count). The average molecular weight is 214 g/mol. The van der Waals surface area contributed by atoms with Crippen molar-refractivity contribution in [3.05, 3.63) is 25.3 Å². The van der Waals surface area contributed by atoms with Gasteiger partial charge in [-0.25, -0.2) is 4.79 Å². The van der Waals surface area contributed by atoms with Gasteiger partial charge in [-0.15, -0.1) is 13.2 Å². The molecule has 0 aliphatic rings. The third-order valence-electron chi connectivity index (χ3n) is 1.78. The smallest absolute Gasteiger partial charge is 0.336 e. The van der Waals surface area contributed by atoms with Crippen LogP contribution in [0.15, 0.2) is 25.3 Å². The number of carboxylic acids is 2. The summed E-state index contributed by atoms with van der Waals surface area (Å²) in [5.74, 6) is -2.55. The third-order valence-corrected chi connectivity index (χ3v) is 1.78. The molecule has 0 aromatic rings. The van der Waals surface area contributed by atoms with Crippen LogP contribution >= 0.6 is 0 Å². The Hall–Kier alpha value is -1.62. The zero-order valence-electron chi connectivity index (χ0n) is 8.31. The van der Waals surface area contributed by atoms with E-state index in [0.717, 1.165) is 0 Å². The van der Waals surface area contributed by atoms with E-state index in [9.17, 15) is 9.59 Å². The van der Waals surface area contributed by atoms with E-state index in [4.69, 9.17) is 14.9 Å². The Morgan fingerprint density at radius 1 is 1.27 bits per heavy atom. The number of carboxylic acid groups (broad SMARTS) is 2. The first kappa shape index (κ1) is 13.4. The second-order valence-corrected chi connectivity index (χ2v) is 2.96. The zero-order valence-corrected chi connectivity index (χ0v) is 8.31. The fraction of sp³-hybridized carbons (Fsp3) is 0.400. The summed E-state index contributed by atoms with van der Waals surface area (Å²) in [6.45, 7) is 6.73. The molecule has 84 valence electrons. The Bertz CT molecular complexity index is 271. The molecule has 5 nitrogen and oxygen atoms in total. The summed E-state index contributed by atoms with van der Waals surface area (Å²) >= 11 is 0. The molecular weight excluding hydrogens is 200 g/mol. The lowest BCUT2D eigenvalue weighted by atomic mass is 9.95. The molecule has 0 fully saturated rings. The van der Waals surface area contributed by atoms with Crippen LogP contribution in [0, 0.1) is 0 Å². The number of hydrogen-bond acceptors (Lipinski definition) is 3. The molecule has 0 saturated carbocycles. The number of carbonyl (C=O) groups is 2. The SMILES string of the molecule is C=CCOC(CC=C)(CC(=O)O)C(=O)O. The minimum Gasteiger partial charge on any atom is -0.481 e. The Labute approximate surface area is 87.7 Å². The van der Waals surface area contributed by atoms with Gasteiger partial charge < -0.3 is 14.9 Å². The first-order valence-electron chi connectivity index (χ1n) is 4.29. The van der Waals surface area contributed by atoms with Crippen molar-refractivity contribution in [2.45, 2.75) is 18.4 Å². The van der Waals surface area contributed by atoms with Crippen molar-refractivity contribution in [2.75, 3.05) is 6.61 Å². The van der Waals surface area contributed by atoms with Crippen LogP contribution in [0.5, 0.6) is 0 Å². The van der Waals surface area contributed by atoms with E-state index in [2.05, 4.69) is 13.2 Å². The molecule has 0 amide bonds. The van der Waals surface area contributed by atoms with E-state index in [0.29, 0.717) is 0 Å². The molecule has 0 heterocycles. The van der Waals surface area contributed by atoms with Gasteiger partial charge in [0.1, 0.15) is 0 Å². The van der Waals surface area contributed by atoms with E-state index in [-0.39, 0.29) is 13.0 Å². The lowest BCUT2D eigenvalue weighted by Gasteiger charge is -2.26. The highest BCUT2D eigenvalue weighted by Crippen LogP contribution is 2.22. The molecular formula is C10H14O5. The average Bonchev–Trinajstić information content (AvgIpc) is 2.13. The van der Waals surface area contributed by atoms with Gasteiger partial charge in [0.05, 0.1) is 13.0 Å². The van der Waals surface area contributed by atoms with Crippen molar-refractivity contribution < 1.29 is 24.5 Å². The highest BCUT2D eigenvalue weighted by molar-refractivity contribution is 5.84. The molecule has 1 atom stereocenters. The summed E-state index contributed by atoms with van der Waals surface area (Å²) in [5.41, 5.74) is -1.75. The fourth-order valence-electron chi connectivity index (χ4n) is 1.10. The molecule has 0 aromatic carbocycles. The number of aliphatic carboxylic acids is 2. The molecule has 2 N–H and O–H groups in total. The molecule has 0 aromatic heterocycles. The number of ether oxygens (including phenoxy) is 1. The molecule has 0 spiro atoms. The minimum atomic E-state index is -1.75. The van der Waals surface area contributed by atoms with Gasteiger partial charge in [0.25, 0.3) is 0 Å². The molecule has 0 radical (unpaired) electrons. The Morgan fingerprint density at radius 2 is 1.87 bits per heavy atom. The first-order valence-corrected chi connectivity index (χ1v) is 4.29. The largest absolute Gasteiger partial charge is 0.481 e. The monoisotopic (exact) mass is 214 g/mol. The van der Waals surface area contributed by atoms with Gasteiger partial charge in [-0.05, 0) is 0 Å². The lowest BCUT2D eigenvalue weighted by molar-refractivity contribution is -0.171. The van der Waals surface area contributed by atoms with E-state index in [1.54, 1.807) is 0 Å². The summed E-state index contributed by atoms with van der Waals surface area (Å²) in [4.78, 5) is 21.5. The third kappa shape index (κ3) is 3.95. The maximum atomic E-state index is 11.0. The molecule has 15 heavy (non-hydrogen) atoms. The number of hydrogen-bond donors (Lipinski definition) is 2. The van der Waals surface area contributed by atoms with Crippen molar-refractivity contribution >= 4 is 11.9 Å². The predicted octanol–water partition coefficient (Wildman–Crippen LogP) is 1.06. The highest BCUT2D eigenvalue weighted by atomic mass is 16.5. The van der Waals surface area contributed by atoms with Crippen LogP contribution in [-0.2, 0) is 14.3 Å². The van der Waals surface area contributed by atoms with Crippen molar-refractivity contribution in [1.29, 1.82) is 0 Å². The summed E-state index contributed by atoms with van der Waals surface area (Å²) in [6.07, 6.45) is 2.01. The second-order valence-electron chi connectivity index (χ2n) is 2.96. The van der Waals surface area contributed by atoms with E-state index in [1.807, 2.05) is 0 Å². The van der Waals surface area contributed by atoms with E-state index in [1.165, 1.54) is 12.2 Å². The van der Waals surface area contributed by atoms with Gasteiger partial charge in [0.2, 0.25) is 0 Å². The summed E-state index contributed by atoms with van der Waals surface area (Å²) in [5, 5.41) is 17.6. The normalized spacial score (nSPS) is 13.9. The van der Waals surface area contributed by atoms with Gasteiger partial charge in [-0.2, -0.15) is 0 Å². The van der Waals surface area contributed by atoms with Crippen LogP contribution in [0.4, 0.5) is 0 Å². The maximum absolute atomic E-state index is 11.0. The van der Waals surface area contributed by atoms with Gasteiger partial charge in [-0.1, -0.05) is 12.2 Å². The van der Waals surface area contributed by atoms with Gasteiger partial charge in [-0.3, -0.25) is 4.79 Å². The zero-order chi connectivity index (χ0) is 11.9. The molecule has 0 saturated heterocycles. The molecule has 5 heteroatoms. The summed E-state index contributed by atoms with van der Waals surface area (Å²) < 4.78 is 5.02. The van der Waals surface area contributed by atoms with Crippen molar-refractivity contribution in [3.63, 3.8) is 0 Å². The van der Waals surface area contributed by atoms with E-state index >= 15 is 0 Å². The fourth-order valence-corrected chi connectivity index (χ4v) is 1.10. The van der Waals surface area contributed by atoms with Crippen molar-refractivity contribution in [1.82, 2.24) is 0 Å². The molecule has 1 unspecified atom stereocenters. The minimum absolute atomic E-state index is 0.0204. The molecule has 0 bridgehead atoms. The predicted molar refractivity (Wildman–Crippen MR) is 53.6 cm³/mol. The molecule has 0 aliphatic heterocycles. The van der Waals surface area contributed by atoms with Crippen molar-refractivity contribution in [2.24, 2.45) is 0 Å². The molecule has 0 aliphatic carbocycles. The van der Waals surface area contributed by atoms with Crippen LogP contribution < -0.4 is 0 Å². The van der Waals surface area contributed by atoms with Crippen LogP contribution in [0.25, 0.3) is 0 Å². The summed E-state index contributed by atoms with van der Waals surface area (Å²) in [7, 11) is 0. The number of rotatable bonds is 8. The quantitative estimate of drug-likeness (QED) is 0.590. The van der Waals surface area contributed by atoms with Gasteiger partial charge >= 0.3 is 11.9 Å². The Kier molecular flexibility index (Phi) is 5.33.